The van der Waals surface area contributed by atoms with Crippen molar-refractivity contribution in [3.63, 3.8) is 0 Å². The van der Waals surface area contributed by atoms with Gasteiger partial charge in [0.1, 0.15) is 5.60 Å². The van der Waals surface area contributed by atoms with Crippen LogP contribution in [-0.2, 0) is 4.74 Å². The second kappa shape index (κ2) is 8.06. The predicted octanol–water partition coefficient (Wildman–Crippen LogP) is 4.56. The Labute approximate surface area is 182 Å². The number of likely N-dealkylation sites (tertiary alicyclic amines) is 1. The number of carbonyl (C=O) groups is 2. The Morgan fingerprint density at radius 1 is 1.16 bits per heavy atom. The number of carbonyl (C=O) groups excluding carboxylic acids is 2. The summed E-state index contributed by atoms with van der Waals surface area (Å²) in [5.41, 5.74) is 1.54. The van der Waals surface area contributed by atoms with Gasteiger partial charge in [-0.1, -0.05) is 36.4 Å². The van der Waals surface area contributed by atoms with Crippen molar-refractivity contribution in [1.82, 2.24) is 15.1 Å². The summed E-state index contributed by atoms with van der Waals surface area (Å²) < 4.78 is 5.47. The maximum atomic E-state index is 13.1. The number of hydrogen-bond acceptors (Lipinski definition) is 4. The summed E-state index contributed by atoms with van der Waals surface area (Å²) in [6, 6.07) is 15.7. The van der Waals surface area contributed by atoms with Crippen molar-refractivity contribution in [3.05, 3.63) is 59.9 Å². The first-order chi connectivity index (χ1) is 14.7. The number of nitrogens with zero attached hydrogens (tertiary/aromatic N) is 3. The van der Waals surface area contributed by atoms with Crippen LogP contribution in [0.4, 0.5) is 10.5 Å². The van der Waals surface area contributed by atoms with Crippen molar-refractivity contribution >= 4 is 28.5 Å². The number of anilines is 1. The van der Waals surface area contributed by atoms with E-state index in [0.29, 0.717) is 18.8 Å². The molecule has 1 aliphatic rings. The highest BCUT2D eigenvalue weighted by Crippen LogP contribution is 2.29. The van der Waals surface area contributed by atoms with Gasteiger partial charge in [-0.3, -0.25) is 9.89 Å². The Kier molecular flexibility index (Phi) is 5.43. The standard InChI is InChI=1S/C24H28N4O3/c1-24(2,3)31-23(30)28-13-12-17(15-28)19-14-20(26-25-19)22(29)27(4)21-11-7-9-16-8-5-6-10-18(16)21/h5-11,14,17H,12-13,15H2,1-4H3,(H,25,26). The van der Waals surface area contributed by atoms with Gasteiger partial charge in [-0.2, -0.15) is 5.10 Å². The quantitative estimate of drug-likeness (QED) is 0.674. The molecule has 162 valence electrons. The topological polar surface area (TPSA) is 78.5 Å². The smallest absolute Gasteiger partial charge is 0.410 e. The lowest BCUT2D eigenvalue weighted by atomic mass is 10.0. The van der Waals surface area contributed by atoms with Crippen molar-refractivity contribution in [2.24, 2.45) is 0 Å². The summed E-state index contributed by atoms with van der Waals surface area (Å²) >= 11 is 0. The number of amides is 2. The fraction of sp³-hybridized carbons (Fsp3) is 0.375. The van der Waals surface area contributed by atoms with Crippen LogP contribution >= 0.6 is 0 Å². The van der Waals surface area contributed by atoms with Crippen molar-refractivity contribution in [1.29, 1.82) is 0 Å². The van der Waals surface area contributed by atoms with Crippen molar-refractivity contribution in [2.75, 3.05) is 25.0 Å². The average Bonchev–Trinajstić information content (AvgIpc) is 3.40. The van der Waals surface area contributed by atoms with E-state index in [4.69, 9.17) is 4.74 Å². The molecule has 1 aromatic heterocycles. The number of hydrogen-bond donors (Lipinski definition) is 1. The molecule has 4 rings (SSSR count). The highest BCUT2D eigenvalue weighted by atomic mass is 16.6. The Morgan fingerprint density at radius 3 is 2.68 bits per heavy atom. The van der Waals surface area contributed by atoms with E-state index in [1.54, 1.807) is 22.9 Å². The fourth-order valence-corrected chi connectivity index (χ4v) is 3.94. The zero-order valence-electron chi connectivity index (χ0n) is 18.4. The van der Waals surface area contributed by atoms with Crippen LogP contribution in [0.1, 0.15) is 49.3 Å². The lowest BCUT2D eigenvalue weighted by Crippen LogP contribution is -2.35. The number of H-pyrrole nitrogens is 1. The first-order valence-corrected chi connectivity index (χ1v) is 10.5. The molecule has 1 atom stereocenters. The molecule has 0 bridgehead atoms. The van der Waals surface area contributed by atoms with Crippen LogP contribution in [0.25, 0.3) is 10.8 Å². The van der Waals surface area contributed by atoms with E-state index in [0.717, 1.165) is 28.6 Å². The Bertz CT molecular complexity index is 1110. The normalized spacial score (nSPS) is 16.5. The van der Waals surface area contributed by atoms with E-state index in [1.165, 1.54) is 0 Å². The molecule has 7 heteroatoms. The minimum absolute atomic E-state index is 0.101. The highest BCUT2D eigenvalue weighted by Gasteiger charge is 2.32. The lowest BCUT2D eigenvalue weighted by molar-refractivity contribution is 0.0292. The van der Waals surface area contributed by atoms with Crippen LogP contribution < -0.4 is 4.90 Å². The van der Waals surface area contributed by atoms with E-state index in [-0.39, 0.29) is 17.9 Å². The molecule has 0 aliphatic carbocycles. The van der Waals surface area contributed by atoms with Crippen molar-refractivity contribution in [2.45, 2.75) is 38.7 Å². The highest BCUT2D eigenvalue weighted by molar-refractivity contribution is 6.09. The minimum Gasteiger partial charge on any atom is -0.444 e. The van der Waals surface area contributed by atoms with Gasteiger partial charge in [-0.25, -0.2) is 4.79 Å². The second-order valence-electron chi connectivity index (χ2n) is 8.98. The van der Waals surface area contributed by atoms with Gasteiger partial charge in [0.15, 0.2) is 5.69 Å². The number of aromatic amines is 1. The van der Waals surface area contributed by atoms with Crippen LogP contribution in [0.2, 0.25) is 0 Å². The van der Waals surface area contributed by atoms with E-state index in [2.05, 4.69) is 10.2 Å². The van der Waals surface area contributed by atoms with Gasteiger partial charge in [-0.05, 0) is 44.7 Å². The third-order valence-corrected chi connectivity index (χ3v) is 5.53. The van der Waals surface area contributed by atoms with Crippen LogP contribution in [0.5, 0.6) is 0 Å². The molecule has 2 amide bonds. The molecular weight excluding hydrogens is 392 g/mol. The van der Waals surface area contributed by atoms with Gasteiger partial charge in [0.05, 0.1) is 5.69 Å². The second-order valence-corrected chi connectivity index (χ2v) is 8.98. The number of rotatable bonds is 3. The Morgan fingerprint density at radius 2 is 1.90 bits per heavy atom. The van der Waals surface area contributed by atoms with Gasteiger partial charge >= 0.3 is 6.09 Å². The van der Waals surface area contributed by atoms with Crippen LogP contribution in [0, 0.1) is 0 Å². The number of ether oxygens (including phenoxy) is 1. The molecule has 3 aromatic rings. The van der Waals surface area contributed by atoms with E-state index >= 15 is 0 Å². The molecule has 0 radical (unpaired) electrons. The molecular formula is C24H28N4O3. The molecule has 1 aliphatic heterocycles. The summed E-state index contributed by atoms with van der Waals surface area (Å²) in [5, 5.41) is 9.36. The molecule has 1 unspecified atom stereocenters. The summed E-state index contributed by atoms with van der Waals surface area (Å²) in [6.45, 7) is 6.74. The van der Waals surface area contributed by atoms with Gasteiger partial charge in [-0.15, -0.1) is 0 Å². The van der Waals surface area contributed by atoms with Gasteiger partial charge < -0.3 is 14.5 Å². The molecule has 1 saturated heterocycles. The van der Waals surface area contributed by atoms with E-state index in [1.807, 2.05) is 63.2 Å². The summed E-state index contributed by atoms with van der Waals surface area (Å²) in [4.78, 5) is 28.8. The van der Waals surface area contributed by atoms with E-state index in [9.17, 15) is 9.59 Å². The van der Waals surface area contributed by atoms with Crippen LogP contribution in [0.3, 0.4) is 0 Å². The molecule has 2 aromatic carbocycles. The molecule has 1 fully saturated rings. The van der Waals surface area contributed by atoms with Crippen molar-refractivity contribution < 1.29 is 14.3 Å². The average molecular weight is 421 g/mol. The SMILES string of the molecule is CN(C(=O)c1cc(C2CCN(C(=O)OC(C)(C)C)C2)[nH]n1)c1cccc2ccccc12. The van der Waals surface area contributed by atoms with Crippen LogP contribution in [-0.4, -0.2) is 52.8 Å². The Hall–Kier alpha value is -3.35. The third-order valence-electron chi connectivity index (χ3n) is 5.53. The third kappa shape index (κ3) is 4.40. The number of fused-ring (bicyclic) bond motifs is 1. The lowest BCUT2D eigenvalue weighted by Gasteiger charge is -2.24. The van der Waals surface area contributed by atoms with Crippen molar-refractivity contribution in [3.8, 4) is 0 Å². The Balaban J connectivity index is 1.47. The first-order valence-electron chi connectivity index (χ1n) is 10.5. The summed E-state index contributed by atoms with van der Waals surface area (Å²) in [6.07, 6.45) is 0.496. The minimum atomic E-state index is -0.519. The summed E-state index contributed by atoms with van der Waals surface area (Å²) in [7, 11) is 1.76. The van der Waals surface area contributed by atoms with Gasteiger partial charge in [0, 0.05) is 37.1 Å². The van der Waals surface area contributed by atoms with E-state index < -0.39 is 5.60 Å². The molecule has 2 heterocycles. The predicted molar refractivity (Wildman–Crippen MR) is 120 cm³/mol. The monoisotopic (exact) mass is 420 g/mol. The van der Waals surface area contributed by atoms with Crippen LogP contribution in [0.15, 0.2) is 48.5 Å². The summed E-state index contributed by atoms with van der Waals surface area (Å²) in [5.74, 6) is -0.0784. The maximum Gasteiger partial charge on any atom is 0.410 e. The molecule has 7 nitrogen and oxygen atoms in total. The molecule has 0 spiro atoms. The van der Waals surface area contributed by atoms with Gasteiger partial charge in [0.2, 0.25) is 0 Å². The molecule has 31 heavy (non-hydrogen) atoms. The maximum absolute atomic E-state index is 13.1. The zero-order chi connectivity index (χ0) is 22.2. The number of benzene rings is 2. The number of nitrogens with one attached hydrogen (secondary N) is 1. The zero-order valence-corrected chi connectivity index (χ0v) is 18.4. The van der Waals surface area contributed by atoms with Gasteiger partial charge in [0.25, 0.3) is 5.91 Å². The molecule has 1 N–H and O–H groups in total. The first kappa shape index (κ1) is 20.9. The largest absolute Gasteiger partial charge is 0.444 e. The number of aromatic nitrogens is 2. The molecule has 0 saturated carbocycles. The fourth-order valence-electron chi connectivity index (χ4n) is 3.94.